The maximum atomic E-state index is 13.8. The van der Waals surface area contributed by atoms with Crippen molar-refractivity contribution in [1.82, 2.24) is 4.90 Å². The zero-order valence-electron chi connectivity index (χ0n) is 23.1. The monoisotopic (exact) mass is 576 g/mol. The van der Waals surface area contributed by atoms with E-state index in [9.17, 15) is 34.8 Å². The van der Waals surface area contributed by atoms with E-state index in [1.807, 2.05) is 18.2 Å². The molecule has 6 rings (SSSR count). The molecule has 0 unspecified atom stereocenters. The molecule has 0 spiro atoms. The van der Waals surface area contributed by atoms with Crippen LogP contribution < -0.4 is 10.5 Å². The molecule has 2 aromatic rings. The largest absolute Gasteiger partial charge is 0.508 e. The van der Waals surface area contributed by atoms with Gasteiger partial charge in [0, 0.05) is 43.1 Å². The van der Waals surface area contributed by atoms with E-state index in [0.717, 1.165) is 24.2 Å². The van der Waals surface area contributed by atoms with Gasteiger partial charge in [-0.15, -0.1) is 0 Å². The highest BCUT2D eigenvalue weighted by Crippen LogP contribution is 2.53. The molecule has 6 N–H and O–H groups in total. The molecular formula is C31H32N2O9. The molecule has 3 atom stereocenters. The molecule has 1 heterocycles. The first-order valence-electron chi connectivity index (χ1n) is 13.9. The lowest BCUT2D eigenvalue weighted by Crippen LogP contribution is -2.58. The van der Waals surface area contributed by atoms with E-state index >= 15 is 0 Å². The van der Waals surface area contributed by atoms with Gasteiger partial charge >= 0.3 is 0 Å². The van der Waals surface area contributed by atoms with E-state index in [4.69, 9.17) is 15.2 Å². The van der Waals surface area contributed by atoms with Gasteiger partial charge in [-0.25, -0.2) is 0 Å². The summed E-state index contributed by atoms with van der Waals surface area (Å²) in [4.78, 5) is 40.6. The standard InChI is InChI=1S/C31H32N2O9/c1-41-23-5-2-15(14-33-6-8-42-9-7-33)10-19(23)18-3-4-21(34)25-20(18)12-16-11-17-13-22(35)26(30(32)39)29(38)31(17,40)28(37)24(16)27(25)36/h2-5,10,16-17,34,36,38,40H,6-9,11-14H2,1H3,(H2,32,39)/t16-,17+,31+/m1/s1. The summed E-state index contributed by atoms with van der Waals surface area (Å²) in [5.74, 6) is -5.98. The summed E-state index contributed by atoms with van der Waals surface area (Å²) in [6.07, 6.45) is -0.104. The second kappa shape index (κ2) is 10.3. The van der Waals surface area contributed by atoms with Crippen molar-refractivity contribution in [1.29, 1.82) is 0 Å². The van der Waals surface area contributed by atoms with Crippen molar-refractivity contribution >= 4 is 23.2 Å². The van der Waals surface area contributed by atoms with E-state index in [-0.39, 0.29) is 36.1 Å². The van der Waals surface area contributed by atoms with E-state index in [2.05, 4.69) is 4.90 Å². The molecular weight excluding hydrogens is 544 g/mol. The number of benzene rings is 2. The molecule has 1 saturated carbocycles. The summed E-state index contributed by atoms with van der Waals surface area (Å²) in [6, 6.07) is 9.03. The van der Waals surface area contributed by atoms with Crippen molar-refractivity contribution in [2.45, 2.75) is 31.4 Å². The van der Waals surface area contributed by atoms with Crippen molar-refractivity contribution in [2.24, 2.45) is 17.6 Å². The number of amides is 1. The molecule has 1 saturated heterocycles. The van der Waals surface area contributed by atoms with Crippen LogP contribution in [0.25, 0.3) is 16.9 Å². The highest BCUT2D eigenvalue weighted by Gasteiger charge is 2.60. The van der Waals surface area contributed by atoms with Crippen molar-refractivity contribution < 1.29 is 44.3 Å². The number of morpholine rings is 1. The van der Waals surface area contributed by atoms with Gasteiger partial charge in [-0.2, -0.15) is 0 Å². The Kier molecular flexibility index (Phi) is 6.83. The third-order valence-electron chi connectivity index (χ3n) is 9.01. The second-order valence-electron chi connectivity index (χ2n) is 11.3. The number of primary amides is 1. The Morgan fingerprint density at radius 3 is 2.52 bits per heavy atom. The van der Waals surface area contributed by atoms with Gasteiger partial charge in [-0.3, -0.25) is 19.3 Å². The molecule has 42 heavy (non-hydrogen) atoms. The molecule has 0 bridgehead atoms. The number of aliphatic hydroxyl groups excluding tert-OH is 2. The third-order valence-corrected chi connectivity index (χ3v) is 9.01. The SMILES string of the molecule is COc1ccc(CN2CCOCC2)cc1-c1ccc(O)c2c1C[C@H]1C[C@H]3CC(=O)C(C(N)=O)=C(O)[C@@]3(O)C(=O)C1=C2O. The zero-order valence-corrected chi connectivity index (χ0v) is 23.1. The maximum absolute atomic E-state index is 13.8. The highest BCUT2D eigenvalue weighted by molar-refractivity contribution is 6.22. The Bertz CT molecular complexity index is 1590. The van der Waals surface area contributed by atoms with Crippen molar-refractivity contribution in [3.05, 3.63) is 63.9 Å². The molecule has 1 aliphatic heterocycles. The molecule has 0 radical (unpaired) electrons. The summed E-state index contributed by atoms with van der Waals surface area (Å²) in [6.45, 7) is 3.67. The number of aliphatic hydroxyl groups is 3. The fraction of sp³-hybridized carbons (Fsp3) is 0.387. The lowest BCUT2D eigenvalue weighted by molar-refractivity contribution is -0.147. The molecule has 3 aliphatic carbocycles. The molecule has 0 aromatic heterocycles. The number of nitrogens with zero attached hydrogens (tertiary/aromatic N) is 1. The molecule has 4 aliphatic rings. The quantitative estimate of drug-likeness (QED) is 0.330. The van der Waals surface area contributed by atoms with Gasteiger partial charge in [0.1, 0.15) is 28.6 Å². The number of ketones is 2. The Balaban J connectivity index is 1.47. The predicted molar refractivity (Wildman–Crippen MR) is 149 cm³/mol. The number of hydrogen-bond donors (Lipinski definition) is 5. The lowest BCUT2D eigenvalue weighted by Gasteiger charge is -2.46. The van der Waals surface area contributed by atoms with Gasteiger partial charge in [0.2, 0.25) is 5.78 Å². The summed E-state index contributed by atoms with van der Waals surface area (Å²) in [5.41, 5.74) is 4.78. The van der Waals surface area contributed by atoms with Crippen LogP contribution in [0.3, 0.4) is 0 Å². The number of hydrogen-bond acceptors (Lipinski definition) is 10. The van der Waals surface area contributed by atoms with Crippen LogP contribution in [0.15, 0.2) is 47.2 Å². The van der Waals surface area contributed by atoms with Gasteiger partial charge in [-0.1, -0.05) is 12.1 Å². The fourth-order valence-corrected chi connectivity index (χ4v) is 6.96. The Morgan fingerprint density at radius 1 is 1.10 bits per heavy atom. The molecule has 1 amide bonds. The summed E-state index contributed by atoms with van der Waals surface area (Å²) < 4.78 is 11.1. The molecule has 11 nitrogen and oxygen atoms in total. The average molecular weight is 577 g/mol. The summed E-state index contributed by atoms with van der Waals surface area (Å²) in [7, 11) is 1.56. The van der Waals surface area contributed by atoms with Crippen LogP contribution in [-0.2, 0) is 32.1 Å². The Labute approximate surface area is 241 Å². The van der Waals surface area contributed by atoms with Crippen molar-refractivity contribution in [3.63, 3.8) is 0 Å². The Morgan fingerprint density at radius 2 is 1.83 bits per heavy atom. The van der Waals surface area contributed by atoms with Crippen LogP contribution >= 0.6 is 0 Å². The minimum absolute atomic E-state index is 0.0419. The highest BCUT2D eigenvalue weighted by atomic mass is 16.5. The van der Waals surface area contributed by atoms with Gasteiger partial charge in [0.05, 0.1) is 25.9 Å². The molecule has 2 aromatic carbocycles. The number of rotatable bonds is 5. The topological polar surface area (TPSA) is 180 Å². The number of nitrogens with two attached hydrogens (primary N) is 1. The van der Waals surface area contributed by atoms with Gasteiger partial charge < -0.3 is 35.6 Å². The fourth-order valence-electron chi connectivity index (χ4n) is 6.96. The van der Waals surface area contributed by atoms with Crippen LogP contribution in [0, 0.1) is 11.8 Å². The van der Waals surface area contributed by atoms with Crippen LogP contribution in [-0.4, -0.2) is 81.8 Å². The van der Waals surface area contributed by atoms with Crippen LogP contribution in [0.2, 0.25) is 0 Å². The first kappa shape index (κ1) is 28.0. The summed E-state index contributed by atoms with van der Waals surface area (Å²) in [5, 5.41) is 44.6. The number of fused-ring (bicyclic) bond motifs is 3. The number of ether oxygens (including phenoxy) is 2. The van der Waals surface area contributed by atoms with Crippen LogP contribution in [0.4, 0.5) is 0 Å². The van der Waals surface area contributed by atoms with Crippen molar-refractivity contribution in [2.75, 3.05) is 33.4 Å². The van der Waals surface area contributed by atoms with Gasteiger partial charge in [-0.05, 0) is 53.6 Å². The van der Waals surface area contributed by atoms with Crippen LogP contribution in [0.5, 0.6) is 11.5 Å². The maximum Gasteiger partial charge on any atom is 0.255 e. The number of Topliss-reactive ketones (excluding diaryl/α,β-unsaturated/α-hetero) is 2. The number of carbonyl (C=O) groups is 3. The van der Waals surface area contributed by atoms with E-state index in [0.29, 0.717) is 36.6 Å². The zero-order chi connectivity index (χ0) is 29.9. The first-order valence-corrected chi connectivity index (χ1v) is 13.9. The number of methoxy groups -OCH3 is 1. The van der Waals surface area contributed by atoms with Gasteiger partial charge in [0.15, 0.2) is 11.4 Å². The number of carbonyl (C=O) groups excluding carboxylic acids is 3. The minimum atomic E-state index is -2.60. The van der Waals surface area contributed by atoms with E-state index in [1.165, 1.54) is 6.07 Å². The van der Waals surface area contributed by atoms with Crippen molar-refractivity contribution in [3.8, 4) is 22.6 Å². The normalized spacial score (nSPS) is 26.0. The number of phenolic OH excluding ortho intramolecular Hbond substituents is 1. The third kappa shape index (κ3) is 4.19. The van der Waals surface area contributed by atoms with Gasteiger partial charge in [0.25, 0.3) is 5.91 Å². The number of aromatic hydroxyl groups is 1. The number of phenols is 1. The van der Waals surface area contributed by atoms with E-state index < -0.39 is 52.0 Å². The predicted octanol–water partition coefficient (Wildman–Crippen LogP) is 1.93. The lowest BCUT2D eigenvalue weighted by atomic mass is 9.59. The van der Waals surface area contributed by atoms with Crippen LogP contribution in [0.1, 0.15) is 29.5 Å². The minimum Gasteiger partial charge on any atom is -0.508 e. The second-order valence-corrected chi connectivity index (χ2v) is 11.3. The smallest absolute Gasteiger partial charge is 0.255 e. The molecule has 220 valence electrons. The average Bonchev–Trinajstić information content (AvgIpc) is 2.95. The molecule has 11 heteroatoms. The first-order chi connectivity index (χ1) is 20.1. The molecule has 2 fully saturated rings. The van der Waals surface area contributed by atoms with E-state index in [1.54, 1.807) is 13.2 Å². The summed E-state index contributed by atoms with van der Waals surface area (Å²) >= 11 is 0. The Hall–Kier alpha value is -4.19.